The van der Waals surface area contributed by atoms with Gasteiger partial charge in [0.05, 0.1) is 5.60 Å². The predicted octanol–water partition coefficient (Wildman–Crippen LogP) is -0.606. The molecule has 7 nitrogen and oxygen atoms in total. The Hall–Kier alpha value is -1.73. The maximum absolute atomic E-state index is 12.2. The molecule has 1 aliphatic heterocycles. The lowest BCUT2D eigenvalue weighted by Crippen LogP contribution is -2.47. The van der Waals surface area contributed by atoms with E-state index >= 15 is 0 Å². The van der Waals surface area contributed by atoms with Crippen LogP contribution < -0.4 is 5.56 Å². The molecule has 1 aromatic rings. The van der Waals surface area contributed by atoms with Gasteiger partial charge in [0.2, 0.25) is 0 Å². The minimum absolute atomic E-state index is 0.185. The van der Waals surface area contributed by atoms with Gasteiger partial charge in [0.1, 0.15) is 5.69 Å². The average molecular weight is 281 g/mol. The van der Waals surface area contributed by atoms with E-state index in [2.05, 4.69) is 5.10 Å². The summed E-state index contributed by atoms with van der Waals surface area (Å²) in [5.41, 5.74) is -0.999. The summed E-state index contributed by atoms with van der Waals surface area (Å²) in [6.07, 6.45) is 1.01. The van der Waals surface area contributed by atoms with Gasteiger partial charge in [-0.2, -0.15) is 5.10 Å². The molecule has 1 aliphatic rings. The molecule has 1 N–H and O–H groups in total. The maximum Gasteiger partial charge on any atom is 0.274 e. The number of aromatic nitrogens is 2. The first-order valence-corrected chi connectivity index (χ1v) is 6.51. The number of carbonyl (C=O) groups excluding carboxylic acids is 1. The molecule has 7 heteroatoms. The first kappa shape index (κ1) is 14.7. The number of hydrogen-bond donors (Lipinski definition) is 1. The van der Waals surface area contributed by atoms with E-state index in [0.29, 0.717) is 26.1 Å². The number of aliphatic hydroxyl groups is 1. The van der Waals surface area contributed by atoms with Gasteiger partial charge in [-0.3, -0.25) is 9.59 Å². The normalized spacial score (nSPS) is 17.8. The second-order valence-corrected chi connectivity index (χ2v) is 5.18. The lowest BCUT2D eigenvalue weighted by atomic mass is 9.94. The van der Waals surface area contributed by atoms with Crippen molar-refractivity contribution in [2.24, 2.45) is 7.05 Å². The van der Waals surface area contributed by atoms with Crippen molar-refractivity contribution < 1.29 is 14.6 Å². The van der Waals surface area contributed by atoms with Crippen LogP contribution in [0.2, 0.25) is 0 Å². The number of ether oxygens (including phenoxy) is 1. The van der Waals surface area contributed by atoms with Gasteiger partial charge in [-0.15, -0.1) is 0 Å². The summed E-state index contributed by atoms with van der Waals surface area (Å²) < 4.78 is 6.32. The number of nitrogens with zero attached hydrogens (tertiary/aromatic N) is 3. The molecule has 0 aliphatic carbocycles. The highest BCUT2D eigenvalue weighted by atomic mass is 16.5. The SMILES string of the molecule is CN(CC1(O)CCOCC1)C(=O)c1ccc(=O)n(C)n1. The fraction of sp³-hybridized carbons (Fsp3) is 0.615. The zero-order valence-corrected chi connectivity index (χ0v) is 11.7. The highest BCUT2D eigenvalue weighted by molar-refractivity contribution is 5.91. The van der Waals surface area contributed by atoms with Gasteiger partial charge in [0.15, 0.2) is 0 Å². The third-order valence-corrected chi connectivity index (χ3v) is 3.48. The van der Waals surface area contributed by atoms with E-state index in [9.17, 15) is 14.7 Å². The third kappa shape index (κ3) is 3.23. The molecular weight excluding hydrogens is 262 g/mol. The molecule has 2 rings (SSSR count). The van der Waals surface area contributed by atoms with Crippen LogP contribution in [0.15, 0.2) is 16.9 Å². The van der Waals surface area contributed by atoms with Crippen molar-refractivity contribution in [3.63, 3.8) is 0 Å². The molecular formula is C13H19N3O4. The van der Waals surface area contributed by atoms with Gasteiger partial charge >= 0.3 is 0 Å². The fourth-order valence-electron chi connectivity index (χ4n) is 2.23. The molecule has 0 unspecified atom stereocenters. The second-order valence-electron chi connectivity index (χ2n) is 5.18. The van der Waals surface area contributed by atoms with E-state index in [4.69, 9.17) is 4.74 Å². The van der Waals surface area contributed by atoms with Crippen LogP contribution in [-0.4, -0.2) is 58.1 Å². The number of aryl methyl sites for hydroxylation is 1. The predicted molar refractivity (Wildman–Crippen MR) is 71.4 cm³/mol. The Morgan fingerprint density at radius 2 is 2.15 bits per heavy atom. The van der Waals surface area contributed by atoms with Crippen molar-refractivity contribution in [3.8, 4) is 0 Å². The summed E-state index contributed by atoms with van der Waals surface area (Å²) in [5.74, 6) is -0.319. The molecule has 1 saturated heterocycles. The highest BCUT2D eigenvalue weighted by Gasteiger charge is 2.32. The van der Waals surface area contributed by atoms with Gasteiger partial charge in [-0.1, -0.05) is 0 Å². The quantitative estimate of drug-likeness (QED) is 0.799. The lowest BCUT2D eigenvalue weighted by Gasteiger charge is -2.35. The van der Waals surface area contributed by atoms with E-state index in [1.165, 1.54) is 24.1 Å². The van der Waals surface area contributed by atoms with Crippen LogP contribution in [0.4, 0.5) is 0 Å². The van der Waals surface area contributed by atoms with Crippen LogP contribution in [0, 0.1) is 0 Å². The monoisotopic (exact) mass is 281 g/mol. The van der Waals surface area contributed by atoms with Crippen LogP contribution in [0.25, 0.3) is 0 Å². The molecule has 1 aromatic heterocycles. The third-order valence-electron chi connectivity index (χ3n) is 3.48. The number of carbonyl (C=O) groups is 1. The van der Waals surface area contributed by atoms with Crippen LogP contribution in [0.5, 0.6) is 0 Å². The van der Waals surface area contributed by atoms with E-state index in [-0.39, 0.29) is 23.7 Å². The van der Waals surface area contributed by atoms with Gasteiger partial charge in [0.25, 0.3) is 11.5 Å². The standard InChI is InChI=1S/C13H19N3O4/c1-15(9-13(19)5-7-20-8-6-13)12(18)10-3-4-11(17)16(2)14-10/h3-4,19H,5-9H2,1-2H3. The van der Waals surface area contributed by atoms with Crippen LogP contribution >= 0.6 is 0 Å². The zero-order valence-electron chi connectivity index (χ0n) is 11.7. The molecule has 20 heavy (non-hydrogen) atoms. The summed E-state index contributed by atoms with van der Waals surface area (Å²) in [5, 5.41) is 14.3. The van der Waals surface area contributed by atoms with Crippen molar-refractivity contribution in [2.75, 3.05) is 26.8 Å². The number of rotatable bonds is 3. The second kappa shape index (κ2) is 5.72. The summed E-state index contributed by atoms with van der Waals surface area (Å²) in [6.45, 7) is 1.22. The molecule has 1 amide bonds. The van der Waals surface area contributed by atoms with Gasteiger partial charge in [0, 0.05) is 52.8 Å². The minimum atomic E-state index is -0.913. The van der Waals surface area contributed by atoms with Crippen molar-refractivity contribution in [1.82, 2.24) is 14.7 Å². The molecule has 0 atom stereocenters. The maximum atomic E-state index is 12.2. The van der Waals surface area contributed by atoms with Crippen molar-refractivity contribution in [1.29, 1.82) is 0 Å². The summed E-state index contributed by atoms with van der Waals surface area (Å²) in [6, 6.07) is 2.70. The Morgan fingerprint density at radius 1 is 1.50 bits per heavy atom. The van der Waals surface area contributed by atoms with E-state index in [1.54, 1.807) is 7.05 Å². The Balaban J connectivity index is 2.08. The summed E-state index contributed by atoms with van der Waals surface area (Å²) in [7, 11) is 3.10. The fourth-order valence-corrected chi connectivity index (χ4v) is 2.23. The van der Waals surface area contributed by atoms with Crippen molar-refractivity contribution in [3.05, 3.63) is 28.2 Å². The number of amides is 1. The van der Waals surface area contributed by atoms with Crippen LogP contribution in [-0.2, 0) is 11.8 Å². The Bertz CT molecular complexity index is 549. The Morgan fingerprint density at radius 3 is 2.75 bits per heavy atom. The highest BCUT2D eigenvalue weighted by Crippen LogP contribution is 2.21. The van der Waals surface area contributed by atoms with Crippen molar-refractivity contribution in [2.45, 2.75) is 18.4 Å². The van der Waals surface area contributed by atoms with Gasteiger partial charge in [-0.25, -0.2) is 4.68 Å². The lowest BCUT2D eigenvalue weighted by molar-refractivity contribution is -0.0734. The average Bonchev–Trinajstić information content (AvgIpc) is 2.41. The largest absolute Gasteiger partial charge is 0.388 e. The van der Waals surface area contributed by atoms with Gasteiger partial charge < -0.3 is 14.7 Å². The molecule has 0 aromatic carbocycles. The van der Waals surface area contributed by atoms with Crippen LogP contribution in [0.3, 0.4) is 0 Å². The summed E-state index contributed by atoms with van der Waals surface area (Å²) >= 11 is 0. The first-order valence-electron chi connectivity index (χ1n) is 6.51. The minimum Gasteiger partial charge on any atom is -0.388 e. The van der Waals surface area contributed by atoms with Crippen LogP contribution in [0.1, 0.15) is 23.3 Å². The first-order chi connectivity index (χ1) is 9.41. The smallest absolute Gasteiger partial charge is 0.274 e. The Kier molecular flexibility index (Phi) is 4.20. The Labute approximate surface area is 116 Å². The molecule has 0 bridgehead atoms. The van der Waals surface area contributed by atoms with E-state index in [1.807, 2.05) is 0 Å². The van der Waals surface area contributed by atoms with E-state index < -0.39 is 5.60 Å². The van der Waals surface area contributed by atoms with E-state index in [0.717, 1.165) is 4.68 Å². The molecule has 0 radical (unpaired) electrons. The molecule has 0 spiro atoms. The molecule has 2 heterocycles. The molecule has 0 saturated carbocycles. The summed E-state index contributed by atoms with van der Waals surface area (Å²) in [4.78, 5) is 24.9. The molecule has 110 valence electrons. The van der Waals surface area contributed by atoms with Gasteiger partial charge in [-0.05, 0) is 6.07 Å². The zero-order chi connectivity index (χ0) is 14.8. The van der Waals surface area contributed by atoms with Crippen molar-refractivity contribution >= 4 is 5.91 Å². The number of hydrogen-bond acceptors (Lipinski definition) is 5. The number of likely N-dealkylation sites (N-methyl/N-ethyl adjacent to an activating group) is 1. The topological polar surface area (TPSA) is 84.7 Å². The molecule has 1 fully saturated rings.